The van der Waals surface area contributed by atoms with Gasteiger partial charge in [-0.1, -0.05) is 18.2 Å². The fourth-order valence-corrected chi connectivity index (χ4v) is 4.21. The first-order chi connectivity index (χ1) is 10.8. The molecule has 0 aliphatic heterocycles. The number of benzene rings is 2. The van der Waals surface area contributed by atoms with E-state index in [9.17, 15) is 8.78 Å². The van der Waals surface area contributed by atoms with Crippen molar-refractivity contribution in [2.24, 2.45) is 0 Å². The molecule has 5 aromatic rings. The van der Waals surface area contributed by atoms with E-state index in [1.165, 1.54) is 28.1 Å². The van der Waals surface area contributed by atoms with Gasteiger partial charge in [0.15, 0.2) is 5.65 Å². The lowest BCUT2D eigenvalue weighted by Gasteiger charge is -2.06. The predicted molar refractivity (Wildman–Crippen MR) is 83.3 cm³/mol. The second-order valence-corrected chi connectivity index (χ2v) is 6.13. The summed E-state index contributed by atoms with van der Waals surface area (Å²) in [5.74, 6) is -0.932. The van der Waals surface area contributed by atoms with Crippen LogP contribution in [0.1, 0.15) is 0 Å². The molecule has 3 nitrogen and oxygen atoms in total. The topological polar surface area (TPSA) is 30.2 Å². The van der Waals surface area contributed by atoms with Gasteiger partial charge >= 0.3 is 0 Å². The fourth-order valence-electron chi connectivity index (χ4n) is 3.02. The first-order valence-corrected chi connectivity index (χ1v) is 7.48. The van der Waals surface area contributed by atoms with Crippen molar-refractivity contribution in [2.75, 3.05) is 0 Å². The van der Waals surface area contributed by atoms with Crippen LogP contribution in [-0.2, 0) is 0 Å². The van der Waals surface area contributed by atoms with Crippen LogP contribution >= 0.6 is 11.3 Å². The van der Waals surface area contributed by atoms with Crippen molar-refractivity contribution in [1.82, 2.24) is 14.6 Å². The van der Waals surface area contributed by atoms with Crippen molar-refractivity contribution >= 4 is 48.1 Å². The van der Waals surface area contributed by atoms with Gasteiger partial charge in [0.1, 0.15) is 18.0 Å². The molecule has 0 atom stereocenters. The Kier molecular flexibility index (Phi) is 2.17. The van der Waals surface area contributed by atoms with Crippen LogP contribution in [0.2, 0.25) is 0 Å². The SMILES string of the molecule is Fc1ccc(F)c2c1c1c3ccccc3sc1c1nncn12. The van der Waals surface area contributed by atoms with Crippen LogP contribution < -0.4 is 0 Å². The van der Waals surface area contributed by atoms with E-state index in [1.54, 1.807) is 0 Å². The standard InChI is InChI=1S/C16H7F2N3S/c17-9-5-6-10(18)14-13(9)12-8-3-1-2-4-11(8)22-15(12)16-20-19-7-21(14)16/h1-7H. The third kappa shape index (κ3) is 1.33. The molecule has 3 aromatic heterocycles. The average molecular weight is 311 g/mol. The Bertz CT molecular complexity index is 1210. The molecule has 3 heterocycles. The summed E-state index contributed by atoms with van der Waals surface area (Å²) in [6.45, 7) is 0. The Morgan fingerprint density at radius 2 is 1.77 bits per heavy atom. The summed E-state index contributed by atoms with van der Waals surface area (Å²) in [7, 11) is 0. The van der Waals surface area contributed by atoms with Crippen LogP contribution in [0.25, 0.3) is 36.7 Å². The Hall–Kier alpha value is -2.60. The Morgan fingerprint density at radius 1 is 0.955 bits per heavy atom. The number of pyridine rings is 1. The zero-order valence-corrected chi connectivity index (χ0v) is 11.9. The van der Waals surface area contributed by atoms with E-state index >= 15 is 0 Å². The minimum atomic E-state index is -0.488. The molecule has 22 heavy (non-hydrogen) atoms. The molecule has 0 unspecified atom stereocenters. The zero-order valence-electron chi connectivity index (χ0n) is 11.0. The fraction of sp³-hybridized carbons (Fsp3) is 0. The number of hydrogen-bond donors (Lipinski definition) is 0. The van der Waals surface area contributed by atoms with Gasteiger partial charge in [0.25, 0.3) is 0 Å². The van der Waals surface area contributed by atoms with Gasteiger partial charge in [-0.3, -0.25) is 4.40 Å². The lowest BCUT2D eigenvalue weighted by atomic mass is 10.1. The molecule has 6 heteroatoms. The lowest BCUT2D eigenvalue weighted by Crippen LogP contribution is -1.94. The van der Waals surface area contributed by atoms with Crippen molar-refractivity contribution in [1.29, 1.82) is 0 Å². The number of halogens is 2. The van der Waals surface area contributed by atoms with Gasteiger partial charge < -0.3 is 0 Å². The summed E-state index contributed by atoms with van der Waals surface area (Å²) in [4.78, 5) is 0. The number of aromatic nitrogens is 3. The first-order valence-electron chi connectivity index (χ1n) is 6.66. The van der Waals surface area contributed by atoms with Crippen LogP contribution in [0.15, 0.2) is 42.7 Å². The summed E-state index contributed by atoms with van der Waals surface area (Å²) in [5, 5.41) is 9.85. The lowest BCUT2D eigenvalue weighted by molar-refractivity contribution is 0.615. The molecule has 0 bridgehead atoms. The zero-order chi connectivity index (χ0) is 14.8. The van der Waals surface area contributed by atoms with Gasteiger partial charge in [-0.2, -0.15) is 0 Å². The van der Waals surface area contributed by atoms with Gasteiger partial charge in [0.05, 0.1) is 10.2 Å². The van der Waals surface area contributed by atoms with Crippen molar-refractivity contribution in [3.63, 3.8) is 0 Å². The van der Waals surface area contributed by atoms with Crippen molar-refractivity contribution in [3.05, 3.63) is 54.4 Å². The molecule has 0 spiro atoms. The molecule has 0 amide bonds. The molecule has 0 aliphatic carbocycles. The van der Waals surface area contributed by atoms with Crippen LogP contribution in [-0.4, -0.2) is 14.6 Å². The number of hydrogen-bond acceptors (Lipinski definition) is 3. The quantitative estimate of drug-likeness (QED) is 0.420. The van der Waals surface area contributed by atoms with Gasteiger partial charge in [-0.15, -0.1) is 21.5 Å². The van der Waals surface area contributed by atoms with Crippen molar-refractivity contribution in [2.45, 2.75) is 0 Å². The normalized spacial score (nSPS) is 12.1. The maximum atomic E-state index is 14.5. The highest BCUT2D eigenvalue weighted by molar-refractivity contribution is 7.26. The van der Waals surface area contributed by atoms with E-state index in [4.69, 9.17) is 0 Å². The van der Waals surface area contributed by atoms with E-state index in [2.05, 4.69) is 10.2 Å². The first kappa shape index (κ1) is 12.0. The molecular weight excluding hydrogens is 304 g/mol. The largest absolute Gasteiger partial charge is 0.277 e. The Balaban J connectivity index is 2.29. The van der Waals surface area contributed by atoms with E-state index in [0.29, 0.717) is 11.0 Å². The van der Waals surface area contributed by atoms with Gasteiger partial charge in [-0.05, 0) is 18.2 Å². The van der Waals surface area contributed by atoms with E-state index in [0.717, 1.165) is 20.9 Å². The molecule has 0 radical (unpaired) electrons. The van der Waals surface area contributed by atoms with Crippen molar-refractivity contribution < 1.29 is 8.78 Å². The van der Waals surface area contributed by atoms with Gasteiger partial charge in [0.2, 0.25) is 0 Å². The summed E-state index contributed by atoms with van der Waals surface area (Å²) in [5.41, 5.74) is 0.726. The van der Waals surface area contributed by atoms with E-state index in [-0.39, 0.29) is 10.9 Å². The van der Waals surface area contributed by atoms with Crippen LogP contribution in [0.4, 0.5) is 8.78 Å². The molecule has 0 N–H and O–H groups in total. The van der Waals surface area contributed by atoms with Gasteiger partial charge in [0, 0.05) is 20.9 Å². The maximum Gasteiger partial charge on any atom is 0.179 e. The molecule has 0 fully saturated rings. The molecule has 5 rings (SSSR count). The number of fused-ring (bicyclic) bond motifs is 8. The summed E-state index contributed by atoms with van der Waals surface area (Å²) < 4.78 is 32.2. The third-order valence-corrected chi connectivity index (χ3v) is 5.08. The van der Waals surface area contributed by atoms with E-state index < -0.39 is 11.6 Å². The smallest absolute Gasteiger partial charge is 0.179 e. The van der Waals surface area contributed by atoms with E-state index in [1.807, 2.05) is 24.3 Å². The molecule has 106 valence electrons. The molecule has 0 saturated carbocycles. The third-order valence-electron chi connectivity index (χ3n) is 3.92. The highest BCUT2D eigenvalue weighted by Crippen LogP contribution is 2.41. The highest BCUT2D eigenvalue weighted by atomic mass is 32.1. The molecular formula is C16H7F2N3S. The minimum Gasteiger partial charge on any atom is -0.277 e. The predicted octanol–water partition coefficient (Wildman–Crippen LogP) is 4.53. The Morgan fingerprint density at radius 3 is 2.68 bits per heavy atom. The average Bonchev–Trinajstić information content (AvgIpc) is 3.14. The summed E-state index contributed by atoms with van der Waals surface area (Å²) in [6, 6.07) is 10.0. The number of rotatable bonds is 0. The molecule has 0 saturated heterocycles. The second-order valence-electron chi connectivity index (χ2n) is 5.08. The number of nitrogens with zero attached hydrogens (tertiary/aromatic N) is 3. The monoisotopic (exact) mass is 311 g/mol. The van der Waals surface area contributed by atoms with Crippen molar-refractivity contribution in [3.8, 4) is 0 Å². The molecule has 0 aliphatic rings. The Labute approximate surface area is 126 Å². The summed E-state index contributed by atoms with van der Waals surface area (Å²) in [6.07, 6.45) is 1.42. The summed E-state index contributed by atoms with van der Waals surface area (Å²) >= 11 is 1.51. The maximum absolute atomic E-state index is 14.5. The van der Waals surface area contributed by atoms with Crippen LogP contribution in [0, 0.1) is 11.6 Å². The van der Waals surface area contributed by atoms with Crippen LogP contribution in [0.5, 0.6) is 0 Å². The minimum absolute atomic E-state index is 0.177. The van der Waals surface area contributed by atoms with Crippen LogP contribution in [0.3, 0.4) is 0 Å². The number of thiophene rings is 1. The molecule has 2 aromatic carbocycles. The second kappa shape index (κ2) is 3.98. The highest BCUT2D eigenvalue weighted by Gasteiger charge is 2.20. The van der Waals surface area contributed by atoms with Gasteiger partial charge in [-0.25, -0.2) is 8.78 Å².